The van der Waals surface area contributed by atoms with Crippen LogP contribution in [0.25, 0.3) is 0 Å². The van der Waals surface area contributed by atoms with Gasteiger partial charge in [-0.05, 0) is 82.9 Å². The lowest BCUT2D eigenvalue weighted by atomic mass is 9.84. The molecule has 1 saturated heterocycles. The number of hydrogen-bond donors (Lipinski definition) is 3. The predicted octanol–water partition coefficient (Wildman–Crippen LogP) is 5.11. The second-order valence-electron chi connectivity index (χ2n) is 10.8. The van der Waals surface area contributed by atoms with E-state index in [2.05, 4.69) is 11.4 Å². The molecule has 0 bridgehead atoms. The summed E-state index contributed by atoms with van der Waals surface area (Å²) in [5.74, 6) is -4.58. The molecule has 1 heterocycles. The number of nitriles is 1. The first kappa shape index (κ1) is 32.2. The number of halogens is 3. The number of carbonyl (C=O) groups is 3. The number of carbonyl (C=O) groups excluding carboxylic acids is 3. The number of aryl methyl sites for hydroxylation is 1. The molecular weight excluding hydrogens is 568 g/mol. The van der Waals surface area contributed by atoms with Crippen LogP contribution in [-0.4, -0.2) is 40.4 Å². The number of hydrogen-bond acceptors (Lipinski definition) is 6. The summed E-state index contributed by atoms with van der Waals surface area (Å²) < 4.78 is 34.2. The Morgan fingerprint density at radius 2 is 1.90 bits per heavy atom. The van der Waals surface area contributed by atoms with E-state index in [1.54, 1.807) is 18.7 Å². The summed E-state index contributed by atoms with van der Waals surface area (Å²) in [5.41, 5.74) is 4.94. The Morgan fingerprint density at radius 1 is 1.24 bits per heavy atom. The first-order chi connectivity index (χ1) is 19.6. The van der Waals surface area contributed by atoms with Gasteiger partial charge in [0.2, 0.25) is 5.91 Å². The molecule has 2 aromatic rings. The molecular formula is C30H32ClF2N5O4. The van der Waals surface area contributed by atoms with Crippen LogP contribution in [0.1, 0.15) is 68.1 Å². The molecule has 4 N–H and O–H groups in total. The van der Waals surface area contributed by atoms with Crippen molar-refractivity contribution in [2.45, 2.75) is 65.6 Å². The number of ether oxygens (including phenoxy) is 1. The largest absolute Gasteiger partial charge is 0.448 e. The first-order valence-electron chi connectivity index (χ1n) is 13.1. The van der Waals surface area contributed by atoms with E-state index in [0.29, 0.717) is 18.4 Å². The van der Waals surface area contributed by atoms with Gasteiger partial charge in [0, 0.05) is 17.4 Å². The Kier molecular flexibility index (Phi) is 9.74. The van der Waals surface area contributed by atoms with Gasteiger partial charge in [0.25, 0.3) is 11.8 Å². The van der Waals surface area contributed by atoms with E-state index in [0.717, 1.165) is 12.1 Å². The number of likely N-dealkylation sites (tertiary alicyclic amines) is 1. The lowest BCUT2D eigenvalue weighted by Gasteiger charge is -2.38. The highest BCUT2D eigenvalue weighted by Gasteiger charge is 2.46. The number of nitrogens with zero attached hydrogens (tertiary/aromatic N) is 2. The van der Waals surface area contributed by atoms with Crippen molar-refractivity contribution in [2.24, 2.45) is 11.1 Å². The number of rotatable bonds is 9. The molecule has 0 radical (unpaired) electrons. The number of nitrogens with one attached hydrogen (secondary N) is 2. The molecule has 222 valence electrons. The molecule has 1 fully saturated rings. The maximum atomic E-state index is 15.0. The molecule has 0 spiro atoms. The maximum absolute atomic E-state index is 15.0. The Morgan fingerprint density at radius 3 is 2.45 bits per heavy atom. The van der Waals surface area contributed by atoms with Gasteiger partial charge in [-0.3, -0.25) is 14.4 Å². The quantitative estimate of drug-likeness (QED) is 0.208. The fourth-order valence-electron chi connectivity index (χ4n) is 4.96. The summed E-state index contributed by atoms with van der Waals surface area (Å²) >= 11 is 6.01. The second kappa shape index (κ2) is 12.7. The number of allylic oxidation sites excluding steroid dienone is 1. The lowest BCUT2D eigenvalue weighted by molar-refractivity contribution is -0.137. The van der Waals surface area contributed by atoms with E-state index in [1.807, 2.05) is 0 Å². The van der Waals surface area contributed by atoms with E-state index in [1.165, 1.54) is 45.0 Å². The Bertz CT molecular complexity index is 1490. The summed E-state index contributed by atoms with van der Waals surface area (Å²) in [5, 5.41) is 19.8. The minimum Gasteiger partial charge on any atom is -0.448 e. The fraction of sp³-hybridized carbons (Fsp3) is 0.367. The molecule has 3 rings (SSSR count). The zero-order chi connectivity index (χ0) is 31.5. The molecule has 0 saturated carbocycles. The highest BCUT2D eigenvalue weighted by Crippen LogP contribution is 2.44. The Hall–Kier alpha value is -4.30. The number of primary amides is 1. The average molecular weight is 600 g/mol. The Labute approximate surface area is 247 Å². The molecule has 1 aliphatic rings. The summed E-state index contributed by atoms with van der Waals surface area (Å²) in [4.78, 5) is 40.1. The number of nitrogens with two attached hydrogens (primary N) is 1. The van der Waals surface area contributed by atoms with Crippen molar-refractivity contribution in [2.75, 3.05) is 0 Å². The van der Waals surface area contributed by atoms with Gasteiger partial charge in [-0.15, -0.1) is 0 Å². The summed E-state index contributed by atoms with van der Waals surface area (Å²) in [6.07, 6.45) is 2.04. The minimum atomic E-state index is -1.08. The van der Waals surface area contributed by atoms with Crippen molar-refractivity contribution >= 4 is 35.0 Å². The van der Waals surface area contributed by atoms with Crippen molar-refractivity contribution in [1.29, 1.82) is 10.7 Å². The summed E-state index contributed by atoms with van der Waals surface area (Å²) in [6.45, 7) is 7.76. The number of amides is 3. The Balaban J connectivity index is 1.88. The molecule has 2 unspecified atom stereocenters. The zero-order valence-electron chi connectivity index (χ0n) is 23.8. The SMILES string of the molecule is CC(=N)/C=C(/Oc1c(C)cc(C(=O)N[C@H](C)C(=O)N2C(c3ccc(F)c(Cl)c3)CCC2C(C)(C)C#N)cc1F)C(N)=O. The van der Waals surface area contributed by atoms with Crippen LogP contribution in [0.5, 0.6) is 5.75 Å². The van der Waals surface area contributed by atoms with E-state index >= 15 is 4.39 Å². The van der Waals surface area contributed by atoms with Crippen LogP contribution in [0.4, 0.5) is 8.78 Å². The van der Waals surface area contributed by atoms with Crippen molar-refractivity contribution < 1.29 is 27.9 Å². The van der Waals surface area contributed by atoms with E-state index in [9.17, 15) is 24.0 Å². The molecule has 2 aromatic carbocycles. The van der Waals surface area contributed by atoms with Gasteiger partial charge < -0.3 is 26.1 Å². The monoisotopic (exact) mass is 599 g/mol. The third-order valence-corrected chi connectivity index (χ3v) is 7.39. The highest BCUT2D eigenvalue weighted by molar-refractivity contribution is 6.30. The van der Waals surface area contributed by atoms with Crippen LogP contribution in [0.15, 0.2) is 42.2 Å². The maximum Gasteiger partial charge on any atom is 0.284 e. The van der Waals surface area contributed by atoms with Crippen LogP contribution < -0.4 is 15.8 Å². The minimum absolute atomic E-state index is 0.0420. The average Bonchev–Trinajstić information content (AvgIpc) is 3.36. The summed E-state index contributed by atoms with van der Waals surface area (Å²) in [6, 6.07) is 6.57. The van der Waals surface area contributed by atoms with Crippen LogP contribution in [0.2, 0.25) is 5.02 Å². The summed E-state index contributed by atoms with van der Waals surface area (Å²) in [7, 11) is 0. The first-order valence-corrected chi connectivity index (χ1v) is 13.5. The van der Waals surface area contributed by atoms with E-state index in [4.69, 9.17) is 27.5 Å². The van der Waals surface area contributed by atoms with E-state index < -0.39 is 58.7 Å². The predicted molar refractivity (Wildman–Crippen MR) is 153 cm³/mol. The molecule has 0 aromatic heterocycles. The second-order valence-corrected chi connectivity index (χ2v) is 11.2. The van der Waals surface area contributed by atoms with Crippen molar-refractivity contribution in [1.82, 2.24) is 10.2 Å². The third-order valence-electron chi connectivity index (χ3n) is 7.10. The molecule has 3 amide bonds. The van der Waals surface area contributed by atoms with Crippen molar-refractivity contribution in [3.8, 4) is 11.8 Å². The van der Waals surface area contributed by atoms with Crippen molar-refractivity contribution in [3.63, 3.8) is 0 Å². The lowest BCUT2D eigenvalue weighted by Crippen LogP contribution is -2.52. The molecule has 42 heavy (non-hydrogen) atoms. The van der Waals surface area contributed by atoms with E-state index in [-0.39, 0.29) is 27.6 Å². The third kappa shape index (κ3) is 6.94. The molecule has 9 nitrogen and oxygen atoms in total. The fourth-order valence-corrected chi connectivity index (χ4v) is 5.15. The van der Waals surface area contributed by atoms with Crippen LogP contribution in [0.3, 0.4) is 0 Å². The van der Waals surface area contributed by atoms with Crippen LogP contribution in [-0.2, 0) is 9.59 Å². The normalized spacial score (nSPS) is 17.8. The molecule has 0 aliphatic carbocycles. The van der Waals surface area contributed by atoms with Crippen LogP contribution in [0, 0.1) is 40.7 Å². The van der Waals surface area contributed by atoms with Gasteiger partial charge in [-0.2, -0.15) is 5.26 Å². The standard InChI is InChI=1S/C30H32ClF2N5O4/c1-15-10-19(13-22(33)26(15)42-24(27(36)39)11-16(2)35)28(40)37-17(3)29(41)38-23(8-9-25(38)30(4,5)14-34)18-6-7-21(32)20(31)12-18/h6-7,10-13,17,23,25,35H,8-9H2,1-5H3,(H2,36,39)(H,37,40)/b24-11+,35-16?/t17-,23?,25?/m1/s1. The van der Waals surface area contributed by atoms with Crippen molar-refractivity contribution in [3.05, 3.63) is 75.5 Å². The number of benzene rings is 2. The zero-order valence-corrected chi connectivity index (χ0v) is 24.6. The smallest absolute Gasteiger partial charge is 0.284 e. The molecule has 3 atom stereocenters. The van der Waals surface area contributed by atoms with Gasteiger partial charge >= 0.3 is 0 Å². The highest BCUT2D eigenvalue weighted by atomic mass is 35.5. The molecule has 1 aliphatic heterocycles. The van der Waals surface area contributed by atoms with Gasteiger partial charge in [0.05, 0.1) is 28.6 Å². The topological polar surface area (TPSA) is 149 Å². The van der Waals surface area contributed by atoms with Gasteiger partial charge in [-0.25, -0.2) is 8.78 Å². The van der Waals surface area contributed by atoms with Gasteiger partial charge in [0.1, 0.15) is 11.9 Å². The van der Waals surface area contributed by atoms with Gasteiger partial charge in [-0.1, -0.05) is 17.7 Å². The van der Waals surface area contributed by atoms with Crippen LogP contribution >= 0.6 is 11.6 Å². The molecule has 12 heteroatoms. The van der Waals surface area contributed by atoms with Gasteiger partial charge in [0.15, 0.2) is 17.3 Å².